The summed E-state index contributed by atoms with van der Waals surface area (Å²) < 4.78 is 26.8. The Balaban J connectivity index is 1.88. The van der Waals surface area contributed by atoms with Gasteiger partial charge in [-0.3, -0.25) is 15.0 Å². The molecular weight excluding hydrogens is 442 g/mol. The Morgan fingerprint density at radius 2 is 1.84 bits per heavy atom. The Bertz CT molecular complexity index is 1020. The van der Waals surface area contributed by atoms with E-state index >= 15 is 0 Å². The molecule has 0 saturated heterocycles. The zero-order valence-electron chi connectivity index (χ0n) is 16.8. The average molecular weight is 468 g/mol. The van der Waals surface area contributed by atoms with Gasteiger partial charge in [0.25, 0.3) is 0 Å². The number of carbonyl (C=O) groups excluding carboxylic acids is 2. The number of carbonyl (C=O) groups is 2. The van der Waals surface area contributed by atoms with Gasteiger partial charge in [0.15, 0.2) is 0 Å². The number of rotatable bonds is 11. The number of nitrogen functional groups attached to an aromatic ring is 1. The standard InChI is InChI=1S/C19H25N5O5S2/c1-12(18(26)22-9-14-7-8-16(30-14)17(20)21)23-19(27)15(10-25)24-31(28,29)11-13-5-3-2-4-6-13/h2-8,12,15,24-25H,9-11H2,1H3,(H3,20,21)(H,22,26)(H,23,27)/t12-,15+/m0/s1. The second-order valence-corrected chi connectivity index (χ2v) is 9.65. The summed E-state index contributed by atoms with van der Waals surface area (Å²) in [6.45, 7) is 0.858. The molecule has 0 aliphatic heterocycles. The maximum Gasteiger partial charge on any atom is 0.242 e. The summed E-state index contributed by atoms with van der Waals surface area (Å²) in [5.41, 5.74) is 5.93. The lowest BCUT2D eigenvalue weighted by Gasteiger charge is -2.19. The van der Waals surface area contributed by atoms with E-state index in [0.717, 1.165) is 4.88 Å². The zero-order chi connectivity index (χ0) is 23.0. The molecule has 0 spiro atoms. The van der Waals surface area contributed by atoms with E-state index < -0.39 is 40.5 Å². The normalized spacial score (nSPS) is 13.2. The first-order valence-corrected chi connectivity index (χ1v) is 11.7. The van der Waals surface area contributed by atoms with Crippen molar-refractivity contribution in [2.24, 2.45) is 5.73 Å². The maximum atomic E-state index is 12.4. The van der Waals surface area contributed by atoms with Crippen molar-refractivity contribution in [2.75, 3.05) is 6.61 Å². The molecule has 2 rings (SSSR count). The molecule has 2 aromatic rings. The van der Waals surface area contributed by atoms with Gasteiger partial charge in [-0.05, 0) is 24.6 Å². The first-order chi connectivity index (χ1) is 14.6. The lowest BCUT2D eigenvalue weighted by atomic mass is 10.2. The lowest BCUT2D eigenvalue weighted by molar-refractivity contribution is -0.130. The molecule has 0 aliphatic rings. The van der Waals surface area contributed by atoms with Gasteiger partial charge in [0.05, 0.1) is 23.8 Å². The smallest absolute Gasteiger partial charge is 0.242 e. The molecule has 2 amide bonds. The van der Waals surface area contributed by atoms with Crippen molar-refractivity contribution in [2.45, 2.75) is 31.3 Å². The number of nitrogens with two attached hydrogens (primary N) is 1. The largest absolute Gasteiger partial charge is 0.394 e. The van der Waals surface area contributed by atoms with Crippen LogP contribution in [-0.2, 0) is 31.9 Å². The highest BCUT2D eigenvalue weighted by Gasteiger charge is 2.26. The second-order valence-electron chi connectivity index (χ2n) is 6.73. The van der Waals surface area contributed by atoms with E-state index in [2.05, 4.69) is 15.4 Å². The van der Waals surface area contributed by atoms with Crippen molar-refractivity contribution in [3.05, 3.63) is 57.8 Å². The minimum absolute atomic E-state index is 0.0621. The maximum absolute atomic E-state index is 12.4. The molecule has 0 saturated carbocycles. The van der Waals surface area contributed by atoms with Gasteiger partial charge in [-0.2, -0.15) is 0 Å². The van der Waals surface area contributed by atoms with Crippen LogP contribution in [0, 0.1) is 5.41 Å². The molecule has 7 N–H and O–H groups in total. The molecule has 0 radical (unpaired) electrons. The van der Waals surface area contributed by atoms with Crippen LogP contribution in [0.1, 0.15) is 22.2 Å². The Morgan fingerprint density at radius 1 is 1.16 bits per heavy atom. The van der Waals surface area contributed by atoms with Crippen LogP contribution >= 0.6 is 11.3 Å². The summed E-state index contributed by atoms with van der Waals surface area (Å²) in [5, 5.41) is 21.9. The minimum atomic E-state index is -3.90. The van der Waals surface area contributed by atoms with Crippen LogP contribution in [0.4, 0.5) is 0 Å². The van der Waals surface area contributed by atoms with Crippen molar-refractivity contribution in [3.63, 3.8) is 0 Å². The summed E-state index contributed by atoms with van der Waals surface area (Å²) in [4.78, 5) is 26.0. The lowest BCUT2D eigenvalue weighted by Crippen LogP contribution is -2.54. The van der Waals surface area contributed by atoms with Crippen LogP contribution in [0.2, 0.25) is 0 Å². The Hall–Kier alpha value is -2.80. The number of amides is 2. The van der Waals surface area contributed by atoms with Gasteiger partial charge < -0.3 is 21.5 Å². The minimum Gasteiger partial charge on any atom is -0.394 e. The molecule has 168 valence electrons. The van der Waals surface area contributed by atoms with Crippen molar-refractivity contribution in [3.8, 4) is 0 Å². The number of nitrogens with one attached hydrogen (secondary N) is 4. The van der Waals surface area contributed by atoms with Crippen LogP contribution in [0.25, 0.3) is 0 Å². The summed E-state index contributed by atoms with van der Waals surface area (Å²) in [5.74, 6) is -1.73. The van der Waals surface area contributed by atoms with E-state index in [1.165, 1.54) is 18.3 Å². The van der Waals surface area contributed by atoms with E-state index in [1.807, 2.05) is 0 Å². The highest BCUT2D eigenvalue weighted by Crippen LogP contribution is 2.15. The number of aliphatic hydroxyl groups is 1. The molecule has 0 fully saturated rings. The van der Waals surface area contributed by atoms with E-state index in [-0.39, 0.29) is 18.1 Å². The number of thiophene rings is 1. The zero-order valence-corrected chi connectivity index (χ0v) is 18.4. The summed E-state index contributed by atoms with van der Waals surface area (Å²) >= 11 is 1.26. The Labute approximate surface area is 184 Å². The predicted octanol–water partition coefficient (Wildman–Crippen LogP) is -0.366. The van der Waals surface area contributed by atoms with Crippen molar-refractivity contribution in [1.82, 2.24) is 15.4 Å². The quantitative estimate of drug-likeness (QED) is 0.194. The van der Waals surface area contributed by atoms with Crippen molar-refractivity contribution < 1.29 is 23.1 Å². The van der Waals surface area contributed by atoms with Crippen LogP contribution < -0.4 is 21.1 Å². The van der Waals surface area contributed by atoms with Crippen LogP contribution in [0.15, 0.2) is 42.5 Å². The monoisotopic (exact) mass is 467 g/mol. The highest BCUT2D eigenvalue weighted by molar-refractivity contribution is 7.88. The highest BCUT2D eigenvalue weighted by atomic mass is 32.2. The number of hydrogen-bond donors (Lipinski definition) is 6. The molecule has 12 heteroatoms. The summed E-state index contributed by atoms with van der Waals surface area (Å²) in [6.07, 6.45) is 0. The van der Waals surface area contributed by atoms with E-state index in [4.69, 9.17) is 11.1 Å². The first-order valence-electron chi connectivity index (χ1n) is 9.27. The van der Waals surface area contributed by atoms with Gasteiger partial charge in [0.2, 0.25) is 21.8 Å². The fourth-order valence-corrected chi connectivity index (χ4v) is 4.69. The fourth-order valence-electron chi connectivity index (χ4n) is 2.55. The number of hydrogen-bond acceptors (Lipinski definition) is 7. The third-order valence-corrected chi connectivity index (χ3v) is 6.61. The number of sulfonamides is 1. The fraction of sp³-hybridized carbons (Fsp3) is 0.316. The Kier molecular flexibility index (Phi) is 8.68. The number of benzene rings is 1. The number of aliphatic hydroxyl groups excluding tert-OH is 1. The van der Waals surface area contributed by atoms with E-state index in [9.17, 15) is 23.1 Å². The second kappa shape index (κ2) is 11.0. The van der Waals surface area contributed by atoms with Gasteiger partial charge in [0, 0.05) is 4.88 Å². The molecule has 31 heavy (non-hydrogen) atoms. The van der Waals surface area contributed by atoms with Crippen molar-refractivity contribution >= 4 is 39.0 Å². The molecule has 0 aliphatic carbocycles. The topological polar surface area (TPSA) is 174 Å². The summed E-state index contributed by atoms with van der Waals surface area (Å²) in [6, 6.07) is 9.41. The Morgan fingerprint density at radius 3 is 2.42 bits per heavy atom. The third kappa shape index (κ3) is 7.75. The molecule has 1 aromatic heterocycles. The molecular formula is C19H25N5O5S2. The molecule has 0 bridgehead atoms. The average Bonchev–Trinajstić information content (AvgIpc) is 3.20. The molecule has 1 aromatic carbocycles. The van der Waals surface area contributed by atoms with Gasteiger partial charge in [-0.25, -0.2) is 13.1 Å². The van der Waals surface area contributed by atoms with Gasteiger partial charge >= 0.3 is 0 Å². The van der Waals surface area contributed by atoms with Crippen LogP contribution in [-0.4, -0.2) is 49.9 Å². The molecule has 1 heterocycles. The SMILES string of the molecule is C[C@H](NC(=O)[C@@H](CO)NS(=O)(=O)Cc1ccccc1)C(=O)NCc1ccc(C(=N)N)s1. The van der Waals surface area contributed by atoms with Crippen LogP contribution in [0.3, 0.4) is 0 Å². The van der Waals surface area contributed by atoms with Gasteiger partial charge in [-0.15, -0.1) is 11.3 Å². The van der Waals surface area contributed by atoms with Gasteiger partial charge in [0.1, 0.15) is 17.9 Å². The summed E-state index contributed by atoms with van der Waals surface area (Å²) in [7, 11) is -3.90. The number of amidine groups is 1. The van der Waals surface area contributed by atoms with E-state index in [1.54, 1.807) is 42.5 Å². The van der Waals surface area contributed by atoms with Crippen LogP contribution in [0.5, 0.6) is 0 Å². The van der Waals surface area contributed by atoms with Gasteiger partial charge in [-0.1, -0.05) is 30.3 Å². The molecule has 2 atom stereocenters. The predicted molar refractivity (Wildman–Crippen MR) is 118 cm³/mol. The first kappa shape index (κ1) is 24.5. The molecule has 10 nitrogen and oxygen atoms in total. The third-order valence-electron chi connectivity index (χ3n) is 4.14. The van der Waals surface area contributed by atoms with Crippen molar-refractivity contribution in [1.29, 1.82) is 5.41 Å². The van der Waals surface area contributed by atoms with E-state index in [0.29, 0.717) is 10.4 Å². The molecule has 0 unspecified atom stereocenters.